The van der Waals surface area contributed by atoms with E-state index in [2.05, 4.69) is 37.8 Å². The van der Waals surface area contributed by atoms with Crippen LogP contribution in [0.3, 0.4) is 0 Å². The van der Waals surface area contributed by atoms with Crippen molar-refractivity contribution in [3.63, 3.8) is 0 Å². The second kappa shape index (κ2) is 34.7. The smallest absolute Gasteiger partial charge is 0.306 e. The molecule has 1 aliphatic rings. The van der Waals surface area contributed by atoms with Gasteiger partial charge < -0.3 is 34.3 Å². The van der Waals surface area contributed by atoms with Gasteiger partial charge in [0.2, 0.25) is 0 Å². The number of rotatable bonds is 37. The van der Waals surface area contributed by atoms with E-state index in [9.17, 15) is 37.9 Å². The summed E-state index contributed by atoms with van der Waals surface area (Å²) >= 11 is 0. The minimum atomic E-state index is -4.60. The number of aliphatic hydroxyl groups is 3. The van der Waals surface area contributed by atoms with E-state index in [1.807, 2.05) is 6.08 Å². The topological polar surface area (TPSA) is 186 Å². The first-order chi connectivity index (χ1) is 27.5. The lowest BCUT2D eigenvalue weighted by atomic mass is 10.00. The summed E-state index contributed by atoms with van der Waals surface area (Å²) in [6, 6.07) is 0. The highest BCUT2D eigenvalue weighted by molar-refractivity contribution is 7.85. The van der Waals surface area contributed by atoms with Crippen LogP contribution in [-0.4, -0.2) is 96.0 Å². The number of hydrogen-bond acceptors (Lipinski definition) is 11. The second-order valence-corrected chi connectivity index (χ2v) is 16.9. The highest BCUT2D eigenvalue weighted by atomic mass is 32.2. The molecule has 6 atom stereocenters. The molecule has 13 heteroatoms. The summed E-state index contributed by atoms with van der Waals surface area (Å²) in [6.07, 6.45) is 27.9. The van der Waals surface area contributed by atoms with E-state index in [1.165, 1.54) is 70.6 Å². The van der Waals surface area contributed by atoms with Crippen molar-refractivity contribution < 1.29 is 56.8 Å². The Morgan fingerprint density at radius 3 is 1.67 bits per heavy atom. The van der Waals surface area contributed by atoms with Crippen LogP contribution in [0.25, 0.3) is 0 Å². The van der Waals surface area contributed by atoms with Crippen molar-refractivity contribution in [2.75, 3.05) is 19.0 Å². The highest BCUT2D eigenvalue weighted by Gasteiger charge is 2.46. The van der Waals surface area contributed by atoms with Crippen molar-refractivity contribution >= 4 is 22.1 Å². The number of esters is 2. The van der Waals surface area contributed by atoms with Gasteiger partial charge in [-0.15, -0.1) is 6.58 Å². The van der Waals surface area contributed by atoms with Crippen LogP contribution in [0.15, 0.2) is 37.0 Å². The lowest BCUT2D eigenvalue weighted by Gasteiger charge is -2.40. The Morgan fingerprint density at radius 1 is 0.649 bits per heavy atom. The first kappa shape index (κ1) is 52.9. The van der Waals surface area contributed by atoms with Crippen LogP contribution in [0, 0.1) is 0 Å². The first-order valence-corrected chi connectivity index (χ1v) is 23.6. The van der Waals surface area contributed by atoms with Crippen molar-refractivity contribution in [2.45, 2.75) is 211 Å². The third-order valence-corrected chi connectivity index (χ3v) is 10.8. The molecule has 0 aromatic carbocycles. The van der Waals surface area contributed by atoms with Crippen LogP contribution in [0.4, 0.5) is 0 Å². The molecule has 57 heavy (non-hydrogen) atoms. The van der Waals surface area contributed by atoms with Gasteiger partial charge in [-0.2, -0.15) is 8.42 Å². The Hall–Kier alpha value is -2.13. The number of hydrogen-bond donors (Lipinski definition) is 4. The fourth-order valence-electron chi connectivity index (χ4n) is 6.61. The first-order valence-electron chi connectivity index (χ1n) is 22.0. The monoisotopic (exact) mass is 831 g/mol. The quantitative estimate of drug-likeness (QED) is 0.0203. The molecule has 2 unspecified atom stereocenters. The van der Waals surface area contributed by atoms with Crippen molar-refractivity contribution in [3.8, 4) is 0 Å². The van der Waals surface area contributed by atoms with E-state index in [-0.39, 0.29) is 19.4 Å². The van der Waals surface area contributed by atoms with Crippen molar-refractivity contribution in [2.24, 2.45) is 0 Å². The predicted molar refractivity (Wildman–Crippen MR) is 224 cm³/mol. The van der Waals surface area contributed by atoms with Gasteiger partial charge >= 0.3 is 11.9 Å². The van der Waals surface area contributed by atoms with Crippen molar-refractivity contribution in [1.82, 2.24) is 0 Å². The largest absolute Gasteiger partial charge is 0.462 e. The van der Waals surface area contributed by atoms with Gasteiger partial charge in [0.05, 0.1) is 6.61 Å². The molecule has 1 aliphatic heterocycles. The molecule has 1 rings (SSSR count). The Bertz CT molecular complexity index is 1190. The molecule has 0 aromatic heterocycles. The number of carbonyl (C=O) groups is 2. The molecule has 0 aliphatic carbocycles. The SMILES string of the molecule is C=CCCCCCCCCCCCCCCCC(=O)O[C@H](COC(=O)CCCCCCC/C=C/C/C=C/CCCC)CO[C@H]1O[C@H](CS(=O)(=O)O)[C@@H](O)C(O)C1O. The second-order valence-electron chi connectivity index (χ2n) is 15.4. The number of aliphatic hydroxyl groups excluding tert-OH is 3. The van der Waals surface area contributed by atoms with Gasteiger partial charge in [-0.05, 0) is 51.4 Å². The van der Waals surface area contributed by atoms with Crippen LogP contribution in [-0.2, 0) is 38.7 Å². The molecule has 0 saturated carbocycles. The van der Waals surface area contributed by atoms with E-state index < -0.39 is 71.2 Å². The molecule has 1 fully saturated rings. The van der Waals surface area contributed by atoms with E-state index in [1.54, 1.807) is 0 Å². The minimum absolute atomic E-state index is 0.160. The van der Waals surface area contributed by atoms with Crippen LogP contribution < -0.4 is 0 Å². The summed E-state index contributed by atoms with van der Waals surface area (Å²) in [4.78, 5) is 25.4. The number of allylic oxidation sites excluding steroid dienone is 5. The van der Waals surface area contributed by atoms with Crippen molar-refractivity contribution in [3.05, 3.63) is 37.0 Å². The summed E-state index contributed by atoms with van der Waals surface area (Å²) in [5.74, 6) is -2.00. The molecule has 1 heterocycles. The van der Waals surface area contributed by atoms with Gasteiger partial charge in [0.25, 0.3) is 10.1 Å². The predicted octanol–water partition coefficient (Wildman–Crippen LogP) is 8.61. The summed E-state index contributed by atoms with van der Waals surface area (Å²) in [7, 11) is -4.60. The van der Waals surface area contributed by atoms with E-state index >= 15 is 0 Å². The molecule has 12 nitrogen and oxygen atoms in total. The summed E-state index contributed by atoms with van der Waals surface area (Å²) in [5.41, 5.74) is 0. The molecule has 0 aromatic rings. The van der Waals surface area contributed by atoms with Gasteiger partial charge in [-0.1, -0.05) is 140 Å². The lowest BCUT2D eigenvalue weighted by molar-refractivity contribution is -0.297. The molecule has 4 N–H and O–H groups in total. The average Bonchev–Trinajstić information content (AvgIpc) is 3.17. The average molecular weight is 831 g/mol. The fraction of sp³-hybridized carbons (Fsp3) is 0.818. The molecular formula is C44H78O12S. The van der Waals surface area contributed by atoms with E-state index in [0.29, 0.717) is 12.8 Å². The zero-order valence-electron chi connectivity index (χ0n) is 35.0. The standard InChI is InChI=1S/C44H78O12S/c1-3-5-7-9-11-13-15-17-19-21-23-25-27-29-31-33-40(46)55-37(35-54-44-43(49)42(48)41(47)38(56-44)36-57(50,51)52)34-53-39(45)32-30-28-26-24-22-20-18-16-14-12-10-8-6-4-2/h3,10,12,16,18,37-38,41-44,47-49H,1,4-9,11,13-15,17,19-36H2,2H3,(H,50,51,52)/b12-10+,18-16+/t37-,38-,41-,42?,43?,44+/m1/s1. The van der Waals surface area contributed by atoms with E-state index in [0.717, 1.165) is 70.6 Å². The maximum Gasteiger partial charge on any atom is 0.306 e. The maximum atomic E-state index is 12.8. The fourth-order valence-corrected chi connectivity index (χ4v) is 7.30. The molecule has 332 valence electrons. The third kappa shape index (κ3) is 29.7. The Morgan fingerprint density at radius 2 is 1.14 bits per heavy atom. The number of carbonyl (C=O) groups excluding carboxylic acids is 2. The van der Waals surface area contributed by atoms with Crippen LogP contribution >= 0.6 is 0 Å². The Kier molecular flexibility index (Phi) is 32.2. The van der Waals surface area contributed by atoms with Gasteiger partial charge in [0, 0.05) is 12.8 Å². The molecule has 0 radical (unpaired) electrons. The van der Waals surface area contributed by atoms with Gasteiger partial charge in [0.15, 0.2) is 12.4 Å². The van der Waals surface area contributed by atoms with Gasteiger partial charge in [-0.3, -0.25) is 14.1 Å². The minimum Gasteiger partial charge on any atom is -0.462 e. The summed E-state index contributed by atoms with van der Waals surface area (Å²) < 4.78 is 54.0. The van der Waals surface area contributed by atoms with Crippen LogP contribution in [0.2, 0.25) is 0 Å². The number of unbranched alkanes of at least 4 members (excludes halogenated alkanes) is 20. The Balaban J connectivity index is 2.46. The zero-order valence-corrected chi connectivity index (χ0v) is 35.8. The maximum absolute atomic E-state index is 12.8. The summed E-state index contributed by atoms with van der Waals surface area (Å²) in [5, 5.41) is 30.8. The third-order valence-electron chi connectivity index (χ3n) is 10.1. The zero-order chi connectivity index (χ0) is 42.0. The van der Waals surface area contributed by atoms with Gasteiger partial charge in [0.1, 0.15) is 36.8 Å². The normalized spacial score (nSPS) is 20.6. The molecule has 1 saturated heterocycles. The highest BCUT2D eigenvalue weighted by Crippen LogP contribution is 2.24. The van der Waals surface area contributed by atoms with Crippen LogP contribution in [0.5, 0.6) is 0 Å². The lowest BCUT2D eigenvalue weighted by Crippen LogP contribution is -2.60. The van der Waals surface area contributed by atoms with Gasteiger partial charge in [-0.25, -0.2) is 0 Å². The van der Waals surface area contributed by atoms with E-state index in [4.69, 9.17) is 18.9 Å². The molecule has 0 amide bonds. The molecule has 0 spiro atoms. The van der Waals surface area contributed by atoms with Crippen LogP contribution in [0.1, 0.15) is 174 Å². The summed E-state index contributed by atoms with van der Waals surface area (Å²) in [6.45, 7) is 5.23. The molecular weight excluding hydrogens is 753 g/mol. The van der Waals surface area contributed by atoms with Crippen molar-refractivity contribution in [1.29, 1.82) is 0 Å². The number of ether oxygens (including phenoxy) is 4. The Labute approximate surface area is 344 Å². The molecule has 0 bridgehead atoms.